The lowest BCUT2D eigenvalue weighted by Gasteiger charge is -2.13. The third kappa shape index (κ3) is 4.48. The monoisotopic (exact) mass is 444 g/mol. The molecule has 32 heavy (non-hydrogen) atoms. The Bertz CT molecular complexity index is 1270. The lowest BCUT2D eigenvalue weighted by molar-refractivity contribution is -0.124. The van der Waals surface area contributed by atoms with Gasteiger partial charge in [0, 0.05) is 18.9 Å². The lowest BCUT2D eigenvalue weighted by Crippen LogP contribution is -2.33. The number of carbonyl (C=O) groups excluding carboxylic acids is 2. The van der Waals surface area contributed by atoms with Crippen LogP contribution in [-0.2, 0) is 16.0 Å². The highest BCUT2D eigenvalue weighted by Crippen LogP contribution is 2.34. The molecule has 2 N–H and O–H groups in total. The second-order valence-corrected chi connectivity index (χ2v) is 7.50. The van der Waals surface area contributed by atoms with Crippen LogP contribution in [-0.4, -0.2) is 27.9 Å². The molecule has 1 aliphatic carbocycles. The number of benzene rings is 2. The average Bonchev–Trinajstić information content (AvgIpc) is 3.62. The molecule has 166 valence electrons. The first-order valence-corrected chi connectivity index (χ1v) is 10.1. The number of para-hydroxylation sites is 1. The van der Waals surface area contributed by atoms with Gasteiger partial charge in [0.05, 0.1) is 23.1 Å². The average molecular weight is 444 g/mol. The zero-order valence-corrected chi connectivity index (χ0v) is 16.8. The number of hydrogen-bond acceptors (Lipinski definition) is 4. The van der Waals surface area contributed by atoms with Crippen LogP contribution < -0.4 is 16.2 Å². The number of aryl methyl sites for hydroxylation is 1. The van der Waals surface area contributed by atoms with Crippen LogP contribution in [0, 0.1) is 17.5 Å². The predicted octanol–water partition coefficient (Wildman–Crippen LogP) is 2.84. The van der Waals surface area contributed by atoms with Crippen LogP contribution in [0.4, 0.5) is 18.9 Å². The summed E-state index contributed by atoms with van der Waals surface area (Å²) in [5.41, 5.74) is -0.115. The summed E-state index contributed by atoms with van der Waals surface area (Å²) in [5, 5.41) is 4.97. The Kier molecular flexibility index (Phi) is 5.93. The van der Waals surface area contributed by atoms with Crippen molar-refractivity contribution in [1.82, 2.24) is 14.9 Å². The standard InChI is InChI=1S/C22H19F3N4O3/c23-14-7-8-16(21(25)20(14)24)28-19(31)11-26-18(30)10-9-17-27-15-4-2-1-3-13(15)22(32)29(17)12-5-6-12/h1-4,7-8,12H,5-6,9-11H2,(H,26,30)(H,28,31). The van der Waals surface area contributed by atoms with E-state index in [-0.39, 0.29) is 24.4 Å². The molecule has 0 saturated heterocycles. The molecule has 0 atom stereocenters. The van der Waals surface area contributed by atoms with E-state index in [0.29, 0.717) is 22.8 Å². The molecule has 0 unspecified atom stereocenters. The summed E-state index contributed by atoms with van der Waals surface area (Å²) >= 11 is 0. The Hall–Kier alpha value is -3.69. The van der Waals surface area contributed by atoms with Crippen LogP contribution in [0.25, 0.3) is 10.9 Å². The molecule has 1 aliphatic rings. The summed E-state index contributed by atoms with van der Waals surface area (Å²) in [7, 11) is 0. The van der Waals surface area contributed by atoms with Crippen LogP contribution >= 0.6 is 0 Å². The lowest BCUT2D eigenvalue weighted by atomic mass is 10.2. The molecule has 0 aliphatic heterocycles. The highest BCUT2D eigenvalue weighted by molar-refractivity contribution is 5.94. The van der Waals surface area contributed by atoms with E-state index in [1.165, 1.54) is 0 Å². The van der Waals surface area contributed by atoms with Crippen molar-refractivity contribution in [3.8, 4) is 0 Å². The molecule has 3 aromatic rings. The summed E-state index contributed by atoms with van der Waals surface area (Å²) in [6.07, 6.45) is 1.92. The quantitative estimate of drug-likeness (QED) is 0.548. The van der Waals surface area contributed by atoms with Crippen molar-refractivity contribution in [3.63, 3.8) is 0 Å². The number of aromatic nitrogens is 2. The number of amides is 2. The van der Waals surface area contributed by atoms with Crippen LogP contribution in [0.2, 0.25) is 0 Å². The molecule has 10 heteroatoms. The van der Waals surface area contributed by atoms with Crippen molar-refractivity contribution in [2.24, 2.45) is 0 Å². The van der Waals surface area contributed by atoms with Crippen molar-refractivity contribution >= 4 is 28.4 Å². The van der Waals surface area contributed by atoms with Gasteiger partial charge < -0.3 is 10.6 Å². The molecule has 2 aromatic carbocycles. The van der Waals surface area contributed by atoms with Gasteiger partial charge in [0.2, 0.25) is 11.8 Å². The predicted molar refractivity (Wildman–Crippen MR) is 111 cm³/mol. The SMILES string of the molecule is O=C(CCc1nc2ccccc2c(=O)n1C1CC1)NCC(=O)Nc1ccc(F)c(F)c1F. The van der Waals surface area contributed by atoms with Gasteiger partial charge in [-0.25, -0.2) is 18.2 Å². The number of hydrogen-bond donors (Lipinski definition) is 2. The van der Waals surface area contributed by atoms with Crippen LogP contribution in [0.15, 0.2) is 41.2 Å². The van der Waals surface area contributed by atoms with Gasteiger partial charge in [0.15, 0.2) is 17.5 Å². The fourth-order valence-corrected chi connectivity index (χ4v) is 3.39. The second kappa shape index (κ2) is 8.81. The van der Waals surface area contributed by atoms with Crippen molar-refractivity contribution in [3.05, 3.63) is 70.0 Å². The molecule has 1 fully saturated rings. The van der Waals surface area contributed by atoms with Crippen LogP contribution in [0.5, 0.6) is 0 Å². The fraction of sp³-hybridized carbons (Fsp3) is 0.273. The highest BCUT2D eigenvalue weighted by atomic mass is 19.2. The third-order valence-electron chi connectivity index (χ3n) is 5.12. The largest absolute Gasteiger partial charge is 0.347 e. The molecular formula is C22H19F3N4O3. The highest BCUT2D eigenvalue weighted by Gasteiger charge is 2.28. The first kappa shape index (κ1) is 21.5. The summed E-state index contributed by atoms with van der Waals surface area (Å²) in [6.45, 7) is -0.488. The number of anilines is 1. The van der Waals surface area contributed by atoms with Crippen LogP contribution in [0.3, 0.4) is 0 Å². The smallest absolute Gasteiger partial charge is 0.261 e. The molecule has 0 radical (unpaired) electrons. The number of rotatable bonds is 7. The van der Waals surface area contributed by atoms with Gasteiger partial charge in [-0.3, -0.25) is 19.0 Å². The van der Waals surface area contributed by atoms with E-state index in [2.05, 4.69) is 15.6 Å². The molecule has 1 aromatic heterocycles. The number of carbonyl (C=O) groups is 2. The van der Waals surface area contributed by atoms with Gasteiger partial charge in [0.25, 0.3) is 5.56 Å². The summed E-state index contributed by atoms with van der Waals surface area (Å²) < 4.78 is 41.5. The van der Waals surface area contributed by atoms with Gasteiger partial charge >= 0.3 is 0 Å². The molecule has 1 saturated carbocycles. The normalized spacial score (nSPS) is 13.2. The van der Waals surface area contributed by atoms with E-state index in [1.54, 1.807) is 28.8 Å². The van der Waals surface area contributed by atoms with E-state index in [0.717, 1.165) is 18.9 Å². The maximum absolute atomic E-state index is 13.6. The number of fused-ring (bicyclic) bond motifs is 1. The third-order valence-corrected chi connectivity index (χ3v) is 5.12. The second-order valence-electron chi connectivity index (χ2n) is 7.50. The van der Waals surface area contributed by atoms with Crippen molar-refractivity contribution in [2.75, 3.05) is 11.9 Å². The Morgan fingerprint density at radius 3 is 2.53 bits per heavy atom. The van der Waals surface area contributed by atoms with Gasteiger partial charge in [-0.1, -0.05) is 12.1 Å². The summed E-state index contributed by atoms with van der Waals surface area (Å²) in [5.74, 6) is -5.38. The zero-order chi connectivity index (χ0) is 22.8. The van der Waals surface area contributed by atoms with Crippen molar-refractivity contribution in [2.45, 2.75) is 31.7 Å². The molecule has 4 rings (SSSR count). The number of nitrogens with zero attached hydrogens (tertiary/aromatic N) is 2. The molecular weight excluding hydrogens is 425 g/mol. The van der Waals surface area contributed by atoms with Gasteiger partial charge in [-0.15, -0.1) is 0 Å². The van der Waals surface area contributed by atoms with Crippen molar-refractivity contribution < 1.29 is 22.8 Å². The van der Waals surface area contributed by atoms with E-state index in [4.69, 9.17) is 0 Å². The minimum atomic E-state index is -1.70. The molecule has 0 spiro atoms. The molecule has 0 bridgehead atoms. The van der Waals surface area contributed by atoms with Gasteiger partial charge in [-0.05, 0) is 37.1 Å². The summed E-state index contributed by atoms with van der Waals surface area (Å²) in [4.78, 5) is 41.5. The summed E-state index contributed by atoms with van der Waals surface area (Å²) in [6, 6.07) is 8.65. The zero-order valence-electron chi connectivity index (χ0n) is 16.8. The van der Waals surface area contributed by atoms with Gasteiger partial charge in [-0.2, -0.15) is 0 Å². The topological polar surface area (TPSA) is 93.1 Å². The van der Waals surface area contributed by atoms with Crippen molar-refractivity contribution in [1.29, 1.82) is 0 Å². The first-order valence-electron chi connectivity index (χ1n) is 10.1. The number of halogens is 3. The number of nitrogens with one attached hydrogen (secondary N) is 2. The van der Waals surface area contributed by atoms with E-state index >= 15 is 0 Å². The maximum Gasteiger partial charge on any atom is 0.261 e. The van der Waals surface area contributed by atoms with E-state index in [9.17, 15) is 27.6 Å². The molecule has 2 amide bonds. The Balaban J connectivity index is 1.37. The molecule has 7 nitrogen and oxygen atoms in total. The van der Waals surface area contributed by atoms with Crippen LogP contribution in [0.1, 0.15) is 31.1 Å². The van der Waals surface area contributed by atoms with E-state index in [1.807, 2.05) is 0 Å². The minimum absolute atomic E-state index is 0.0235. The first-order chi connectivity index (χ1) is 15.3. The van der Waals surface area contributed by atoms with Gasteiger partial charge in [0.1, 0.15) is 5.82 Å². The minimum Gasteiger partial charge on any atom is -0.347 e. The maximum atomic E-state index is 13.6. The molecule has 1 heterocycles. The fourth-order valence-electron chi connectivity index (χ4n) is 3.39. The Labute approximate surface area is 180 Å². The Morgan fingerprint density at radius 1 is 1.03 bits per heavy atom. The van der Waals surface area contributed by atoms with E-state index < -0.39 is 41.5 Å². The Morgan fingerprint density at radius 2 is 1.78 bits per heavy atom.